The summed E-state index contributed by atoms with van der Waals surface area (Å²) in [5.41, 5.74) is 3.59. The number of fused-ring (bicyclic) bond motifs is 3. The summed E-state index contributed by atoms with van der Waals surface area (Å²) >= 11 is 0. The summed E-state index contributed by atoms with van der Waals surface area (Å²) in [6.07, 6.45) is 2.05. The van der Waals surface area contributed by atoms with Crippen LogP contribution in [0.4, 0.5) is 4.39 Å². The van der Waals surface area contributed by atoms with Crippen molar-refractivity contribution in [1.82, 2.24) is 5.01 Å². The zero-order valence-corrected chi connectivity index (χ0v) is 14.9. The van der Waals surface area contributed by atoms with Crippen molar-refractivity contribution in [3.63, 3.8) is 0 Å². The second-order valence-electron chi connectivity index (χ2n) is 6.71. The van der Waals surface area contributed by atoms with Crippen LogP contribution in [0.25, 0.3) is 0 Å². The van der Waals surface area contributed by atoms with E-state index in [4.69, 9.17) is 4.74 Å². The molecule has 0 radical (unpaired) electrons. The summed E-state index contributed by atoms with van der Waals surface area (Å²) < 4.78 is 19.9. The Morgan fingerprint density at radius 2 is 2.12 bits per heavy atom. The Balaban J connectivity index is 1.84. The largest absolute Gasteiger partial charge is 0.497 e. The summed E-state index contributed by atoms with van der Waals surface area (Å²) in [5, 5.41) is 6.17. The third-order valence-electron chi connectivity index (χ3n) is 5.31. The SMILES string of the molecule is CCC(=O)N1N=C2c3cc(OC)ccc3CC[C@@H]2[C@H]1c1ccccc1F. The number of ether oxygens (including phenoxy) is 1. The first-order valence-electron chi connectivity index (χ1n) is 8.96. The molecule has 4 rings (SSSR count). The van der Waals surface area contributed by atoms with Crippen molar-refractivity contribution < 1.29 is 13.9 Å². The Hall–Kier alpha value is -2.69. The third-order valence-corrected chi connectivity index (χ3v) is 5.31. The number of aryl methyl sites for hydroxylation is 1. The lowest BCUT2D eigenvalue weighted by Gasteiger charge is -2.29. The number of carbonyl (C=O) groups excluding carboxylic acids is 1. The molecule has 2 atom stereocenters. The van der Waals surface area contributed by atoms with E-state index in [9.17, 15) is 9.18 Å². The zero-order chi connectivity index (χ0) is 18.3. The minimum Gasteiger partial charge on any atom is -0.497 e. The van der Waals surface area contributed by atoms with Gasteiger partial charge in [-0.3, -0.25) is 4.79 Å². The predicted molar refractivity (Wildman–Crippen MR) is 97.6 cm³/mol. The van der Waals surface area contributed by atoms with Gasteiger partial charge >= 0.3 is 0 Å². The van der Waals surface area contributed by atoms with Crippen LogP contribution >= 0.6 is 0 Å². The summed E-state index contributed by atoms with van der Waals surface area (Å²) in [7, 11) is 1.63. The van der Waals surface area contributed by atoms with Crippen LogP contribution in [0, 0.1) is 11.7 Å². The van der Waals surface area contributed by atoms with Crippen molar-refractivity contribution >= 4 is 11.6 Å². The van der Waals surface area contributed by atoms with Gasteiger partial charge in [-0.25, -0.2) is 9.40 Å². The lowest BCUT2D eigenvalue weighted by molar-refractivity contribution is -0.133. The first kappa shape index (κ1) is 16.8. The van der Waals surface area contributed by atoms with E-state index < -0.39 is 6.04 Å². The molecule has 134 valence electrons. The van der Waals surface area contributed by atoms with Crippen molar-refractivity contribution in [2.75, 3.05) is 7.11 Å². The topological polar surface area (TPSA) is 41.9 Å². The van der Waals surface area contributed by atoms with E-state index in [1.807, 2.05) is 18.2 Å². The fourth-order valence-corrected chi connectivity index (χ4v) is 4.01. The maximum absolute atomic E-state index is 14.5. The number of amides is 1. The Labute approximate surface area is 152 Å². The van der Waals surface area contributed by atoms with Gasteiger partial charge in [0, 0.05) is 23.5 Å². The first-order chi connectivity index (χ1) is 12.6. The molecular formula is C21H21FN2O2. The van der Waals surface area contributed by atoms with Gasteiger partial charge in [-0.2, -0.15) is 5.10 Å². The molecule has 0 unspecified atom stereocenters. The molecule has 1 heterocycles. The van der Waals surface area contributed by atoms with E-state index in [1.54, 1.807) is 26.2 Å². The van der Waals surface area contributed by atoms with Crippen LogP contribution in [0.3, 0.4) is 0 Å². The predicted octanol–water partition coefficient (Wildman–Crippen LogP) is 4.09. The molecule has 1 aliphatic carbocycles. The molecule has 0 saturated heterocycles. The van der Waals surface area contributed by atoms with Crippen LogP contribution < -0.4 is 4.74 Å². The Morgan fingerprint density at radius 3 is 2.85 bits per heavy atom. The van der Waals surface area contributed by atoms with E-state index in [-0.39, 0.29) is 17.6 Å². The zero-order valence-electron chi connectivity index (χ0n) is 14.9. The number of hydrogen-bond donors (Lipinski definition) is 0. The molecule has 2 aromatic rings. The average Bonchev–Trinajstić information content (AvgIpc) is 3.07. The quantitative estimate of drug-likeness (QED) is 0.835. The second-order valence-corrected chi connectivity index (χ2v) is 6.71. The Bertz CT molecular complexity index is 893. The summed E-state index contributed by atoms with van der Waals surface area (Å²) in [6.45, 7) is 1.81. The van der Waals surface area contributed by atoms with Gasteiger partial charge in [0.1, 0.15) is 11.6 Å². The Morgan fingerprint density at radius 1 is 1.31 bits per heavy atom. The molecule has 0 saturated carbocycles. The van der Waals surface area contributed by atoms with Crippen molar-refractivity contribution in [3.8, 4) is 5.75 Å². The number of hydrazone groups is 1. The van der Waals surface area contributed by atoms with Gasteiger partial charge in [0.05, 0.1) is 18.9 Å². The van der Waals surface area contributed by atoms with E-state index >= 15 is 0 Å². The van der Waals surface area contributed by atoms with Crippen LogP contribution in [0.5, 0.6) is 5.75 Å². The summed E-state index contributed by atoms with van der Waals surface area (Å²) in [5.74, 6) is 0.362. The van der Waals surface area contributed by atoms with Gasteiger partial charge in [-0.15, -0.1) is 0 Å². The number of carbonyl (C=O) groups is 1. The molecule has 0 bridgehead atoms. The minimum atomic E-state index is -0.391. The number of benzene rings is 2. The van der Waals surface area contributed by atoms with Crippen LogP contribution in [0.15, 0.2) is 47.6 Å². The standard InChI is InChI=1S/C21H21FN2O2/c1-3-19(25)24-21(15-6-4-5-7-18(15)22)16-11-9-13-8-10-14(26-2)12-17(13)20(16)23-24/h4-8,10,12,16,21H,3,9,11H2,1-2H3/t16-,21+/m0/s1. The minimum absolute atomic E-state index is 0.0120. The maximum atomic E-state index is 14.5. The van der Waals surface area contributed by atoms with Gasteiger partial charge < -0.3 is 4.74 Å². The molecule has 0 N–H and O–H groups in total. The van der Waals surface area contributed by atoms with Crippen LogP contribution in [0.1, 0.15) is 42.5 Å². The van der Waals surface area contributed by atoms with E-state index in [0.717, 1.165) is 29.9 Å². The van der Waals surface area contributed by atoms with Gasteiger partial charge in [-0.1, -0.05) is 31.2 Å². The number of methoxy groups -OCH3 is 1. The van der Waals surface area contributed by atoms with Gasteiger partial charge in [0.25, 0.3) is 0 Å². The second kappa shape index (κ2) is 6.56. The average molecular weight is 352 g/mol. The highest BCUT2D eigenvalue weighted by Gasteiger charge is 2.44. The molecular weight excluding hydrogens is 331 g/mol. The highest BCUT2D eigenvalue weighted by Crippen LogP contribution is 2.44. The monoisotopic (exact) mass is 352 g/mol. The normalized spacial score (nSPS) is 21.0. The number of nitrogens with zero attached hydrogens (tertiary/aromatic N) is 2. The van der Waals surface area contributed by atoms with Crippen LogP contribution in [-0.2, 0) is 11.2 Å². The maximum Gasteiger partial charge on any atom is 0.242 e. The lowest BCUT2D eigenvalue weighted by Crippen LogP contribution is -2.32. The highest BCUT2D eigenvalue weighted by atomic mass is 19.1. The van der Waals surface area contributed by atoms with Crippen molar-refractivity contribution in [1.29, 1.82) is 0 Å². The molecule has 4 nitrogen and oxygen atoms in total. The lowest BCUT2D eigenvalue weighted by atomic mass is 9.77. The molecule has 0 spiro atoms. The molecule has 0 fully saturated rings. The summed E-state index contributed by atoms with van der Waals surface area (Å²) in [6, 6.07) is 12.3. The van der Waals surface area contributed by atoms with Gasteiger partial charge in [-0.05, 0) is 36.6 Å². The number of rotatable bonds is 3. The molecule has 26 heavy (non-hydrogen) atoms. The molecule has 2 aromatic carbocycles. The Kier molecular flexibility index (Phi) is 4.23. The summed E-state index contributed by atoms with van der Waals surface area (Å²) in [4.78, 5) is 12.6. The molecule has 1 amide bonds. The fraction of sp³-hybridized carbons (Fsp3) is 0.333. The van der Waals surface area contributed by atoms with Crippen molar-refractivity contribution in [2.45, 2.75) is 32.2 Å². The van der Waals surface area contributed by atoms with Crippen molar-refractivity contribution in [2.24, 2.45) is 11.0 Å². The van der Waals surface area contributed by atoms with E-state index in [1.165, 1.54) is 16.6 Å². The van der Waals surface area contributed by atoms with E-state index in [0.29, 0.717) is 12.0 Å². The molecule has 1 aliphatic heterocycles. The van der Waals surface area contributed by atoms with Crippen LogP contribution in [-0.4, -0.2) is 23.7 Å². The number of halogens is 1. The molecule has 5 heteroatoms. The third kappa shape index (κ3) is 2.59. The number of hydrogen-bond acceptors (Lipinski definition) is 3. The fourth-order valence-electron chi connectivity index (χ4n) is 4.01. The van der Waals surface area contributed by atoms with Gasteiger partial charge in [0.2, 0.25) is 5.91 Å². The molecule has 2 aliphatic rings. The van der Waals surface area contributed by atoms with Crippen molar-refractivity contribution in [3.05, 3.63) is 65.0 Å². The van der Waals surface area contributed by atoms with Gasteiger partial charge in [0.15, 0.2) is 0 Å². The highest BCUT2D eigenvalue weighted by molar-refractivity contribution is 6.07. The van der Waals surface area contributed by atoms with Crippen LogP contribution in [0.2, 0.25) is 0 Å². The molecule has 0 aromatic heterocycles. The van der Waals surface area contributed by atoms with E-state index in [2.05, 4.69) is 11.2 Å². The first-order valence-corrected chi connectivity index (χ1v) is 8.96. The smallest absolute Gasteiger partial charge is 0.242 e.